The molecule has 0 aliphatic carbocycles. The third-order valence-electron chi connectivity index (χ3n) is 2.66. The highest BCUT2D eigenvalue weighted by molar-refractivity contribution is 5.81. The molecule has 1 aliphatic rings. The SMILES string of the molecule is Cc1ccc(C)c(NC2CCOC2=O)c1. The summed E-state index contributed by atoms with van der Waals surface area (Å²) >= 11 is 0. The molecule has 1 unspecified atom stereocenters. The lowest BCUT2D eigenvalue weighted by molar-refractivity contribution is -0.138. The Morgan fingerprint density at radius 1 is 1.40 bits per heavy atom. The van der Waals surface area contributed by atoms with Gasteiger partial charge < -0.3 is 10.1 Å². The summed E-state index contributed by atoms with van der Waals surface area (Å²) in [5.41, 5.74) is 3.37. The van der Waals surface area contributed by atoms with E-state index in [1.165, 1.54) is 5.56 Å². The molecule has 0 saturated carbocycles. The molecular weight excluding hydrogens is 190 g/mol. The lowest BCUT2D eigenvalue weighted by atomic mass is 10.1. The van der Waals surface area contributed by atoms with Crippen LogP contribution < -0.4 is 5.32 Å². The van der Waals surface area contributed by atoms with E-state index in [1.54, 1.807) is 0 Å². The number of carbonyl (C=O) groups excluding carboxylic acids is 1. The summed E-state index contributed by atoms with van der Waals surface area (Å²) in [5, 5.41) is 3.23. The Bertz CT molecular complexity index is 387. The van der Waals surface area contributed by atoms with Crippen LogP contribution in [0.25, 0.3) is 0 Å². The Hall–Kier alpha value is -1.51. The molecule has 0 radical (unpaired) electrons. The van der Waals surface area contributed by atoms with Gasteiger partial charge in [-0.15, -0.1) is 0 Å². The monoisotopic (exact) mass is 205 g/mol. The molecule has 80 valence electrons. The fraction of sp³-hybridized carbons (Fsp3) is 0.417. The molecule has 1 atom stereocenters. The van der Waals surface area contributed by atoms with Crippen LogP contribution in [-0.4, -0.2) is 18.6 Å². The fourth-order valence-electron chi connectivity index (χ4n) is 1.71. The molecule has 1 aromatic rings. The first-order chi connectivity index (χ1) is 7.16. The number of carbonyl (C=O) groups is 1. The number of rotatable bonds is 2. The van der Waals surface area contributed by atoms with E-state index in [-0.39, 0.29) is 12.0 Å². The number of esters is 1. The molecule has 0 aromatic heterocycles. The first kappa shape index (κ1) is 10.0. The second kappa shape index (κ2) is 3.93. The molecule has 1 heterocycles. The van der Waals surface area contributed by atoms with E-state index in [0.717, 1.165) is 17.7 Å². The molecular formula is C12H15NO2. The molecule has 1 aliphatic heterocycles. The third-order valence-corrected chi connectivity index (χ3v) is 2.66. The zero-order chi connectivity index (χ0) is 10.8. The van der Waals surface area contributed by atoms with Crippen molar-refractivity contribution in [2.24, 2.45) is 0 Å². The first-order valence-corrected chi connectivity index (χ1v) is 5.17. The summed E-state index contributed by atoms with van der Waals surface area (Å²) < 4.78 is 4.91. The zero-order valence-corrected chi connectivity index (χ0v) is 9.04. The van der Waals surface area contributed by atoms with Crippen molar-refractivity contribution in [3.05, 3.63) is 29.3 Å². The van der Waals surface area contributed by atoms with E-state index in [4.69, 9.17) is 4.74 Å². The zero-order valence-electron chi connectivity index (χ0n) is 9.04. The maximum absolute atomic E-state index is 11.3. The maximum Gasteiger partial charge on any atom is 0.328 e. The minimum Gasteiger partial charge on any atom is -0.464 e. The van der Waals surface area contributed by atoms with Crippen molar-refractivity contribution in [2.75, 3.05) is 11.9 Å². The summed E-state index contributed by atoms with van der Waals surface area (Å²) in [6.07, 6.45) is 0.756. The largest absolute Gasteiger partial charge is 0.464 e. The van der Waals surface area contributed by atoms with Gasteiger partial charge in [0, 0.05) is 12.1 Å². The Morgan fingerprint density at radius 3 is 2.87 bits per heavy atom. The molecule has 3 heteroatoms. The Morgan fingerprint density at radius 2 is 2.20 bits per heavy atom. The van der Waals surface area contributed by atoms with Gasteiger partial charge in [-0.05, 0) is 31.0 Å². The van der Waals surface area contributed by atoms with Gasteiger partial charge in [-0.25, -0.2) is 4.79 Å². The van der Waals surface area contributed by atoms with Crippen molar-refractivity contribution in [3.8, 4) is 0 Å². The minimum atomic E-state index is -0.175. The number of nitrogens with one attached hydrogen (secondary N) is 1. The number of hydrogen-bond donors (Lipinski definition) is 1. The third kappa shape index (κ3) is 2.12. The van der Waals surface area contributed by atoms with E-state index in [2.05, 4.69) is 23.5 Å². The van der Waals surface area contributed by atoms with Crippen molar-refractivity contribution < 1.29 is 9.53 Å². The van der Waals surface area contributed by atoms with Crippen LogP contribution in [0.1, 0.15) is 17.5 Å². The van der Waals surface area contributed by atoms with Crippen molar-refractivity contribution in [1.29, 1.82) is 0 Å². The van der Waals surface area contributed by atoms with Gasteiger partial charge in [0.05, 0.1) is 6.61 Å². The van der Waals surface area contributed by atoms with Gasteiger partial charge in [-0.3, -0.25) is 0 Å². The van der Waals surface area contributed by atoms with Gasteiger partial charge in [0.1, 0.15) is 6.04 Å². The second-order valence-electron chi connectivity index (χ2n) is 3.97. The van der Waals surface area contributed by atoms with E-state index in [0.29, 0.717) is 6.61 Å². The number of benzene rings is 1. The predicted octanol–water partition coefficient (Wildman–Crippen LogP) is 2.03. The molecule has 0 spiro atoms. The molecule has 2 rings (SSSR count). The van der Waals surface area contributed by atoms with Crippen LogP contribution in [0.5, 0.6) is 0 Å². The van der Waals surface area contributed by atoms with Crippen molar-refractivity contribution >= 4 is 11.7 Å². The quantitative estimate of drug-likeness (QED) is 0.751. The summed E-state index contributed by atoms with van der Waals surface area (Å²) in [5.74, 6) is -0.143. The molecule has 15 heavy (non-hydrogen) atoms. The van der Waals surface area contributed by atoms with Crippen molar-refractivity contribution in [1.82, 2.24) is 0 Å². The van der Waals surface area contributed by atoms with Crippen LogP contribution in [0.2, 0.25) is 0 Å². The van der Waals surface area contributed by atoms with E-state index < -0.39 is 0 Å². The molecule has 0 bridgehead atoms. The van der Waals surface area contributed by atoms with Gasteiger partial charge in [-0.2, -0.15) is 0 Å². The van der Waals surface area contributed by atoms with Crippen LogP contribution in [-0.2, 0) is 9.53 Å². The number of cyclic esters (lactones) is 1. The average molecular weight is 205 g/mol. The van der Waals surface area contributed by atoms with E-state index in [1.807, 2.05) is 13.8 Å². The summed E-state index contributed by atoms with van der Waals surface area (Å²) in [6, 6.07) is 6.00. The van der Waals surface area contributed by atoms with Crippen LogP contribution in [0, 0.1) is 13.8 Å². The normalized spacial score (nSPS) is 20.1. The molecule has 1 saturated heterocycles. The fourth-order valence-corrected chi connectivity index (χ4v) is 1.71. The van der Waals surface area contributed by atoms with E-state index in [9.17, 15) is 4.79 Å². The van der Waals surface area contributed by atoms with Gasteiger partial charge >= 0.3 is 5.97 Å². The smallest absolute Gasteiger partial charge is 0.328 e. The first-order valence-electron chi connectivity index (χ1n) is 5.17. The van der Waals surface area contributed by atoms with Crippen LogP contribution in [0.4, 0.5) is 5.69 Å². The Balaban J connectivity index is 2.16. The molecule has 1 fully saturated rings. The minimum absolute atomic E-state index is 0.143. The second-order valence-corrected chi connectivity index (χ2v) is 3.97. The molecule has 3 nitrogen and oxygen atoms in total. The van der Waals surface area contributed by atoms with Crippen molar-refractivity contribution in [2.45, 2.75) is 26.3 Å². The lowest BCUT2D eigenvalue weighted by Crippen LogP contribution is -2.24. The van der Waals surface area contributed by atoms with Crippen LogP contribution in [0.3, 0.4) is 0 Å². The standard InChI is InChI=1S/C12H15NO2/c1-8-3-4-9(2)11(7-8)13-10-5-6-15-12(10)14/h3-4,7,10,13H,5-6H2,1-2H3. The topological polar surface area (TPSA) is 38.3 Å². The maximum atomic E-state index is 11.3. The van der Waals surface area contributed by atoms with E-state index >= 15 is 0 Å². The molecule has 1 N–H and O–H groups in total. The highest BCUT2D eigenvalue weighted by Crippen LogP contribution is 2.20. The van der Waals surface area contributed by atoms with Gasteiger partial charge in [0.15, 0.2) is 0 Å². The highest BCUT2D eigenvalue weighted by Gasteiger charge is 2.26. The Kier molecular flexibility index (Phi) is 2.62. The van der Waals surface area contributed by atoms with Gasteiger partial charge in [0.25, 0.3) is 0 Å². The summed E-state index contributed by atoms with van der Waals surface area (Å²) in [6.45, 7) is 4.60. The highest BCUT2D eigenvalue weighted by atomic mass is 16.5. The van der Waals surface area contributed by atoms with Crippen LogP contribution >= 0.6 is 0 Å². The number of aryl methyl sites for hydroxylation is 2. The lowest BCUT2D eigenvalue weighted by Gasteiger charge is -2.13. The number of ether oxygens (including phenoxy) is 1. The summed E-state index contributed by atoms with van der Waals surface area (Å²) in [7, 11) is 0. The Labute approximate surface area is 89.4 Å². The summed E-state index contributed by atoms with van der Waals surface area (Å²) in [4.78, 5) is 11.3. The number of hydrogen-bond acceptors (Lipinski definition) is 3. The molecule has 1 aromatic carbocycles. The van der Waals surface area contributed by atoms with Gasteiger partial charge in [0.2, 0.25) is 0 Å². The predicted molar refractivity (Wildman–Crippen MR) is 58.9 cm³/mol. The van der Waals surface area contributed by atoms with Crippen molar-refractivity contribution in [3.63, 3.8) is 0 Å². The number of anilines is 1. The average Bonchev–Trinajstić information content (AvgIpc) is 2.58. The van der Waals surface area contributed by atoms with Gasteiger partial charge in [-0.1, -0.05) is 12.1 Å². The van der Waals surface area contributed by atoms with Crippen LogP contribution in [0.15, 0.2) is 18.2 Å². The molecule has 0 amide bonds.